The molecule has 1 heterocycles. The predicted octanol–water partition coefficient (Wildman–Crippen LogP) is 1.42. The Morgan fingerprint density at radius 2 is 2.17 bits per heavy atom. The molecule has 0 radical (unpaired) electrons. The van der Waals surface area contributed by atoms with Gasteiger partial charge in [-0.3, -0.25) is 4.68 Å². The van der Waals surface area contributed by atoms with Crippen molar-refractivity contribution >= 4 is 0 Å². The van der Waals surface area contributed by atoms with Crippen LogP contribution < -0.4 is 0 Å². The van der Waals surface area contributed by atoms with Crippen LogP contribution in [0.5, 0.6) is 0 Å². The number of hydrogen-bond donors (Lipinski definition) is 1. The Morgan fingerprint density at radius 3 is 2.58 bits per heavy atom. The average molecular weight is 168 g/mol. The molecule has 1 rings (SSSR count). The Balaban J connectivity index is 2.64. The fraction of sp³-hybridized carbons (Fsp3) is 0.667. The summed E-state index contributed by atoms with van der Waals surface area (Å²) in [6, 6.07) is 1.84. The van der Waals surface area contributed by atoms with Crippen molar-refractivity contribution in [3.8, 4) is 0 Å². The molecule has 0 aromatic carbocycles. The topological polar surface area (TPSA) is 38.0 Å². The Hall–Kier alpha value is -0.830. The molecule has 1 aromatic heterocycles. The van der Waals surface area contributed by atoms with Crippen molar-refractivity contribution < 1.29 is 5.11 Å². The molecule has 0 saturated carbocycles. The van der Waals surface area contributed by atoms with Gasteiger partial charge in [0.1, 0.15) is 0 Å². The molecule has 0 aliphatic rings. The second kappa shape index (κ2) is 3.27. The zero-order chi connectivity index (χ0) is 9.19. The van der Waals surface area contributed by atoms with Crippen LogP contribution in [0.1, 0.15) is 26.5 Å². The molecule has 0 amide bonds. The third-order valence-corrected chi connectivity index (χ3v) is 1.49. The third kappa shape index (κ3) is 2.66. The molecule has 0 fully saturated rings. The fourth-order valence-corrected chi connectivity index (χ4v) is 1.06. The minimum Gasteiger partial charge on any atom is -0.390 e. The summed E-state index contributed by atoms with van der Waals surface area (Å²) in [5, 5.41) is 13.0. The second-order valence-electron chi connectivity index (χ2n) is 4.22. The van der Waals surface area contributed by atoms with Gasteiger partial charge in [-0.05, 0) is 11.5 Å². The number of aromatic nitrogens is 2. The highest BCUT2D eigenvalue weighted by molar-refractivity contribution is 4.96. The summed E-state index contributed by atoms with van der Waals surface area (Å²) < 4.78 is 1.87. The molecule has 1 aromatic rings. The van der Waals surface area contributed by atoms with Crippen molar-refractivity contribution in [2.24, 2.45) is 5.41 Å². The molecule has 0 aliphatic heterocycles. The van der Waals surface area contributed by atoms with Crippen LogP contribution in [0, 0.1) is 5.41 Å². The van der Waals surface area contributed by atoms with Crippen molar-refractivity contribution in [2.75, 3.05) is 0 Å². The molecule has 0 unspecified atom stereocenters. The lowest BCUT2D eigenvalue weighted by atomic mass is 9.97. The fourth-order valence-electron chi connectivity index (χ4n) is 1.06. The van der Waals surface area contributed by atoms with Gasteiger partial charge >= 0.3 is 0 Å². The number of aliphatic hydroxyl groups excluding tert-OH is 1. The molecule has 3 heteroatoms. The Kier molecular flexibility index (Phi) is 2.52. The average Bonchev–Trinajstić information content (AvgIpc) is 2.32. The number of rotatable bonds is 2. The molecule has 0 bridgehead atoms. The lowest BCUT2D eigenvalue weighted by molar-refractivity contribution is 0.271. The first kappa shape index (κ1) is 9.26. The highest BCUT2D eigenvalue weighted by atomic mass is 16.3. The van der Waals surface area contributed by atoms with Crippen LogP contribution in [0.2, 0.25) is 0 Å². The van der Waals surface area contributed by atoms with Gasteiger partial charge in [0.15, 0.2) is 0 Å². The largest absolute Gasteiger partial charge is 0.390 e. The van der Waals surface area contributed by atoms with E-state index in [1.807, 2.05) is 16.9 Å². The van der Waals surface area contributed by atoms with Crippen molar-refractivity contribution in [2.45, 2.75) is 33.9 Å². The first-order valence-electron chi connectivity index (χ1n) is 4.14. The van der Waals surface area contributed by atoms with Gasteiger partial charge in [0.05, 0.1) is 12.3 Å². The molecule has 0 saturated heterocycles. The minimum atomic E-state index is 0.0249. The van der Waals surface area contributed by atoms with Gasteiger partial charge in [0.25, 0.3) is 0 Å². The maximum absolute atomic E-state index is 8.77. The Labute approximate surface area is 73.0 Å². The standard InChI is InChI=1S/C9H16N2O/c1-9(2,3)7-11-5-4-8(6-12)10-11/h4-5,12H,6-7H2,1-3H3. The molecule has 0 spiro atoms. The van der Waals surface area contributed by atoms with E-state index in [4.69, 9.17) is 5.11 Å². The molecule has 0 atom stereocenters. The van der Waals surface area contributed by atoms with E-state index in [0.29, 0.717) is 0 Å². The Bertz CT molecular complexity index is 247. The van der Waals surface area contributed by atoms with Gasteiger partial charge in [-0.1, -0.05) is 20.8 Å². The van der Waals surface area contributed by atoms with Gasteiger partial charge in [0, 0.05) is 12.7 Å². The van der Waals surface area contributed by atoms with Crippen LogP contribution >= 0.6 is 0 Å². The van der Waals surface area contributed by atoms with Gasteiger partial charge in [-0.15, -0.1) is 0 Å². The van der Waals surface area contributed by atoms with E-state index < -0.39 is 0 Å². The van der Waals surface area contributed by atoms with E-state index in [9.17, 15) is 0 Å². The first-order chi connectivity index (χ1) is 5.51. The van der Waals surface area contributed by atoms with E-state index >= 15 is 0 Å². The van der Waals surface area contributed by atoms with Crippen LogP contribution in [0.3, 0.4) is 0 Å². The lowest BCUT2D eigenvalue weighted by Gasteiger charge is -2.17. The maximum Gasteiger partial charge on any atom is 0.0878 e. The number of nitrogens with zero attached hydrogens (tertiary/aromatic N) is 2. The summed E-state index contributed by atoms with van der Waals surface area (Å²) in [5.74, 6) is 0. The molecular weight excluding hydrogens is 152 g/mol. The van der Waals surface area contributed by atoms with Gasteiger partial charge in [0.2, 0.25) is 0 Å². The van der Waals surface area contributed by atoms with Crippen molar-refractivity contribution in [1.82, 2.24) is 9.78 Å². The van der Waals surface area contributed by atoms with Crippen LogP contribution in [0.15, 0.2) is 12.3 Å². The molecular formula is C9H16N2O. The summed E-state index contributed by atoms with van der Waals surface area (Å²) in [4.78, 5) is 0. The summed E-state index contributed by atoms with van der Waals surface area (Å²) in [5.41, 5.74) is 0.970. The van der Waals surface area contributed by atoms with Crippen LogP contribution in [0.4, 0.5) is 0 Å². The summed E-state index contributed by atoms with van der Waals surface area (Å²) in [6.45, 7) is 7.39. The minimum absolute atomic E-state index is 0.0249. The first-order valence-corrected chi connectivity index (χ1v) is 4.14. The number of hydrogen-bond acceptors (Lipinski definition) is 2. The summed E-state index contributed by atoms with van der Waals surface area (Å²) >= 11 is 0. The summed E-state index contributed by atoms with van der Waals surface area (Å²) in [7, 11) is 0. The molecule has 68 valence electrons. The zero-order valence-electron chi connectivity index (χ0n) is 7.91. The monoisotopic (exact) mass is 168 g/mol. The van der Waals surface area contributed by atoms with E-state index in [1.165, 1.54) is 0 Å². The van der Waals surface area contributed by atoms with Crippen LogP contribution in [-0.4, -0.2) is 14.9 Å². The van der Waals surface area contributed by atoms with Gasteiger partial charge in [-0.2, -0.15) is 5.10 Å². The third-order valence-electron chi connectivity index (χ3n) is 1.49. The highest BCUT2D eigenvalue weighted by Gasteiger charge is 2.11. The zero-order valence-corrected chi connectivity index (χ0v) is 7.91. The molecule has 12 heavy (non-hydrogen) atoms. The van der Waals surface area contributed by atoms with Crippen LogP contribution in [0.25, 0.3) is 0 Å². The van der Waals surface area contributed by atoms with E-state index in [-0.39, 0.29) is 12.0 Å². The highest BCUT2D eigenvalue weighted by Crippen LogP contribution is 2.15. The maximum atomic E-state index is 8.77. The molecule has 0 aliphatic carbocycles. The quantitative estimate of drug-likeness (QED) is 0.725. The lowest BCUT2D eigenvalue weighted by Crippen LogP contribution is -2.15. The van der Waals surface area contributed by atoms with Crippen LogP contribution in [-0.2, 0) is 13.2 Å². The van der Waals surface area contributed by atoms with E-state index in [0.717, 1.165) is 12.2 Å². The molecule has 1 N–H and O–H groups in total. The van der Waals surface area contributed by atoms with Gasteiger partial charge in [-0.25, -0.2) is 0 Å². The Morgan fingerprint density at radius 1 is 1.50 bits per heavy atom. The van der Waals surface area contributed by atoms with E-state index in [1.54, 1.807) is 0 Å². The van der Waals surface area contributed by atoms with Crippen molar-refractivity contribution in [3.63, 3.8) is 0 Å². The molecule has 3 nitrogen and oxygen atoms in total. The summed E-state index contributed by atoms with van der Waals surface area (Å²) in [6.07, 6.45) is 1.90. The second-order valence-corrected chi connectivity index (χ2v) is 4.22. The van der Waals surface area contributed by atoms with Crippen molar-refractivity contribution in [1.29, 1.82) is 0 Å². The van der Waals surface area contributed by atoms with Crippen molar-refractivity contribution in [3.05, 3.63) is 18.0 Å². The number of aliphatic hydroxyl groups is 1. The predicted molar refractivity (Wildman–Crippen MR) is 47.6 cm³/mol. The SMILES string of the molecule is CC(C)(C)Cn1ccc(CO)n1. The van der Waals surface area contributed by atoms with E-state index in [2.05, 4.69) is 25.9 Å². The normalized spacial score (nSPS) is 12.0. The van der Waals surface area contributed by atoms with Gasteiger partial charge < -0.3 is 5.11 Å². The smallest absolute Gasteiger partial charge is 0.0878 e.